The molecule has 18 heavy (non-hydrogen) atoms. The van der Waals surface area contributed by atoms with Crippen molar-refractivity contribution in [1.29, 1.82) is 0 Å². The maximum absolute atomic E-state index is 5.08. The summed E-state index contributed by atoms with van der Waals surface area (Å²) in [5.74, 6) is 0.729. The standard InChI is InChI=1S/C11H18N6O/c1-4-12-10-9-11(14-7-13-10)17(16-15-9)8(2)5-6-18-3/h7-8H,4-6H2,1-3H3,(H,12,13,14). The zero-order chi connectivity index (χ0) is 13.0. The van der Waals surface area contributed by atoms with E-state index in [1.807, 2.05) is 11.6 Å². The number of anilines is 1. The molecule has 0 amide bonds. The lowest BCUT2D eigenvalue weighted by atomic mass is 10.2. The van der Waals surface area contributed by atoms with Crippen molar-refractivity contribution in [3.8, 4) is 0 Å². The van der Waals surface area contributed by atoms with Gasteiger partial charge in [0.05, 0.1) is 6.04 Å². The van der Waals surface area contributed by atoms with Crippen LogP contribution in [0.2, 0.25) is 0 Å². The summed E-state index contributed by atoms with van der Waals surface area (Å²) in [7, 11) is 1.69. The molecular formula is C11H18N6O. The first kappa shape index (κ1) is 12.7. The minimum Gasteiger partial charge on any atom is -0.385 e. The molecule has 0 aliphatic heterocycles. The van der Waals surface area contributed by atoms with Crippen molar-refractivity contribution in [2.45, 2.75) is 26.3 Å². The third-order valence-corrected chi connectivity index (χ3v) is 2.76. The monoisotopic (exact) mass is 250 g/mol. The molecule has 1 N–H and O–H groups in total. The molecule has 0 saturated heterocycles. The topological polar surface area (TPSA) is 77.8 Å². The lowest BCUT2D eigenvalue weighted by Gasteiger charge is -2.11. The van der Waals surface area contributed by atoms with Crippen LogP contribution in [-0.2, 0) is 4.74 Å². The normalized spacial score (nSPS) is 12.8. The Morgan fingerprint density at radius 2 is 2.28 bits per heavy atom. The van der Waals surface area contributed by atoms with Gasteiger partial charge in [-0.1, -0.05) is 5.21 Å². The molecule has 0 aromatic carbocycles. The molecule has 0 aliphatic rings. The number of ether oxygens (including phenoxy) is 1. The lowest BCUT2D eigenvalue weighted by molar-refractivity contribution is 0.179. The molecule has 1 unspecified atom stereocenters. The highest BCUT2D eigenvalue weighted by atomic mass is 16.5. The maximum atomic E-state index is 5.08. The molecule has 0 bridgehead atoms. The highest BCUT2D eigenvalue weighted by Gasteiger charge is 2.15. The van der Waals surface area contributed by atoms with E-state index in [-0.39, 0.29) is 6.04 Å². The van der Waals surface area contributed by atoms with Crippen LogP contribution >= 0.6 is 0 Å². The number of nitrogens with zero attached hydrogens (tertiary/aromatic N) is 5. The second-order valence-electron chi connectivity index (χ2n) is 4.09. The van der Waals surface area contributed by atoms with Gasteiger partial charge in [0.1, 0.15) is 6.33 Å². The maximum Gasteiger partial charge on any atom is 0.184 e. The van der Waals surface area contributed by atoms with Gasteiger partial charge in [-0.3, -0.25) is 0 Å². The van der Waals surface area contributed by atoms with E-state index in [4.69, 9.17) is 4.74 Å². The van der Waals surface area contributed by atoms with Gasteiger partial charge in [-0.2, -0.15) is 0 Å². The Kier molecular flexibility index (Phi) is 4.03. The van der Waals surface area contributed by atoms with Gasteiger partial charge in [-0.25, -0.2) is 14.6 Å². The van der Waals surface area contributed by atoms with E-state index in [1.165, 1.54) is 6.33 Å². The Morgan fingerprint density at radius 1 is 1.44 bits per heavy atom. The van der Waals surface area contributed by atoms with Crippen molar-refractivity contribution in [2.24, 2.45) is 0 Å². The molecule has 0 aliphatic carbocycles. The summed E-state index contributed by atoms with van der Waals surface area (Å²) in [5, 5.41) is 11.5. The Bertz CT molecular complexity index is 511. The van der Waals surface area contributed by atoms with E-state index in [0.717, 1.165) is 24.4 Å². The van der Waals surface area contributed by atoms with Gasteiger partial charge in [0, 0.05) is 20.3 Å². The largest absolute Gasteiger partial charge is 0.385 e. The Hall–Kier alpha value is -1.76. The lowest BCUT2D eigenvalue weighted by Crippen LogP contribution is -2.10. The van der Waals surface area contributed by atoms with Crippen LogP contribution in [0.4, 0.5) is 5.82 Å². The molecule has 2 heterocycles. The highest BCUT2D eigenvalue weighted by molar-refractivity contribution is 5.81. The van der Waals surface area contributed by atoms with Crippen LogP contribution < -0.4 is 5.32 Å². The third kappa shape index (κ3) is 2.40. The zero-order valence-electron chi connectivity index (χ0n) is 10.9. The average Bonchev–Trinajstić information content (AvgIpc) is 2.81. The van der Waals surface area contributed by atoms with Crippen LogP contribution in [-0.4, -0.2) is 45.2 Å². The molecule has 0 spiro atoms. The Morgan fingerprint density at radius 3 is 3.00 bits per heavy atom. The van der Waals surface area contributed by atoms with Crippen molar-refractivity contribution in [3.63, 3.8) is 0 Å². The zero-order valence-corrected chi connectivity index (χ0v) is 10.9. The fourth-order valence-electron chi connectivity index (χ4n) is 1.77. The van der Waals surface area contributed by atoms with Gasteiger partial charge in [-0.15, -0.1) is 5.10 Å². The summed E-state index contributed by atoms with van der Waals surface area (Å²) < 4.78 is 6.89. The predicted octanol–water partition coefficient (Wildman–Crippen LogP) is 1.25. The fourth-order valence-corrected chi connectivity index (χ4v) is 1.77. The van der Waals surface area contributed by atoms with Gasteiger partial charge in [0.2, 0.25) is 0 Å². The number of nitrogens with one attached hydrogen (secondary N) is 1. The van der Waals surface area contributed by atoms with Crippen LogP contribution in [0.3, 0.4) is 0 Å². The summed E-state index contributed by atoms with van der Waals surface area (Å²) in [6.45, 7) is 5.56. The molecule has 2 aromatic rings. The van der Waals surface area contributed by atoms with Crippen molar-refractivity contribution >= 4 is 17.0 Å². The summed E-state index contributed by atoms with van der Waals surface area (Å²) in [5.41, 5.74) is 1.47. The van der Waals surface area contributed by atoms with Gasteiger partial charge < -0.3 is 10.1 Å². The quantitative estimate of drug-likeness (QED) is 0.831. The summed E-state index contributed by atoms with van der Waals surface area (Å²) in [6, 6.07) is 0.194. The molecule has 2 aromatic heterocycles. The number of methoxy groups -OCH3 is 1. The molecular weight excluding hydrogens is 232 g/mol. The fraction of sp³-hybridized carbons (Fsp3) is 0.636. The van der Waals surface area contributed by atoms with Crippen molar-refractivity contribution < 1.29 is 4.74 Å². The first-order chi connectivity index (χ1) is 8.77. The van der Waals surface area contributed by atoms with E-state index in [0.29, 0.717) is 12.1 Å². The smallest absolute Gasteiger partial charge is 0.184 e. The molecule has 0 saturated carbocycles. The van der Waals surface area contributed by atoms with Gasteiger partial charge >= 0.3 is 0 Å². The summed E-state index contributed by atoms with van der Waals surface area (Å²) in [4.78, 5) is 8.43. The SMILES string of the molecule is CCNc1ncnc2c1nnn2C(C)CCOC. The first-order valence-corrected chi connectivity index (χ1v) is 6.06. The average molecular weight is 250 g/mol. The van der Waals surface area contributed by atoms with Gasteiger partial charge in [-0.05, 0) is 20.3 Å². The number of aromatic nitrogens is 5. The van der Waals surface area contributed by atoms with Gasteiger partial charge in [0.25, 0.3) is 0 Å². The number of hydrogen-bond acceptors (Lipinski definition) is 6. The van der Waals surface area contributed by atoms with Gasteiger partial charge in [0.15, 0.2) is 17.0 Å². The second-order valence-corrected chi connectivity index (χ2v) is 4.09. The molecule has 0 fully saturated rings. The molecule has 2 rings (SSSR count). The van der Waals surface area contributed by atoms with Crippen molar-refractivity contribution in [1.82, 2.24) is 25.0 Å². The number of rotatable bonds is 6. The first-order valence-electron chi connectivity index (χ1n) is 6.06. The van der Waals surface area contributed by atoms with E-state index in [9.17, 15) is 0 Å². The van der Waals surface area contributed by atoms with E-state index in [1.54, 1.807) is 7.11 Å². The van der Waals surface area contributed by atoms with Crippen molar-refractivity contribution in [2.75, 3.05) is 25.6 Å². The minimum absolute atomic E-state index is 0.194. The van der Waals surface area contributed by atoms with Crippen LogP contribution in [0.1, 0.15) is 26.3 Å². The van der Waals surface area contributed by atoms with Crippen molar-refractivity contribution in [3.05, 3.63) is 6.33 Å². The van der Waals surface area contributed by atoms with E-state index >= 15 is 0 Å². The van der Waals surface area contributed by atoms with Crippen LogP contribution in [0, 0.1) is 0 Å². The predicted molar refractivity (Wildman–Crippen MR) is 68.5 cm³/mol. The number of hydrogen-bond donors (Lipinski definition) is 1. The van der Waals surface area contributed by atoms with Crippen LogP contribution in [0.15, 0.2) is 6.33 Å². The van der Waals surface area contributed by atoms with E-state index in [2.05, 4.69) is 32.5 Å². The van der Waals surface area contributed by atoms with Crippen LogP contribution in [0.5, 0.6) is 0 Å². The van der Waals surface area contributed by atoms with Crippen LogP contribution in [0.25, 0.3) is 11.2 Å². The minimum atomic E-state index is 0.194. The highest BCUT2D eigenvalue weighted by Crippen LogP contribution is 2.20. The third-order valence-electron chi connectivity index (χ3n) is 2.76. The summed E-state index contributed by atoms with van der Waals surface area (Å²) in [6.07, 6.45) is 2.40. The molecule has 98 valence electrons. The molecule has 0 radical (unpaired) electrons. The van der Waals surface area contributed by atoms with E-state index < -0.39 is 0 Å². The Labute approximate surface area is 106 Å². The summed E-state index contributed by atoms with van der Waals surface area (Å²) >= 11 is 0. The second kappa shape index (κ2) is 5.72. The number of fused-ring (bicyclic) bond motifs is 1. The molecule has 1 atom stereocenters. The molecule has 7 nitrogen and oxygen atoms in total. The molecule has 7 heteroatoms. The Balaban J connectivity index is 2.33.